The summed E-state index contributed by atoms with van der Waals surface area (Å²) >= 11 is 11.9. The molecule has 27 heavy (non-hydrogen) atoms. The number of carbonyl (C=O) groups is 2. The SMILES string of the molecule is COCCCNC(=O)c1cccc(NC(=O)CNc2ccc(Cl)cc2Cl)c1. The van der Waals surface area contributed by atoms with Crippen LogP contribution in [0.4, 0.5) is 11.4 Å². The summed E-state index contributed by atoms with van der Waals surface area (Å²) in [5.41, 5.74) is 1.62. The summed E-state index contributed by atoms with van der Waals surface area (Å²) < 4.78 is 4.94. The zero-order valence-corrected chi connectivity index (χ0v) is 16.4. The van der Waals surface area contributed by atoms with Gasteiger partial charge in [-0.05, 0) is 42.8 Å². The summed E-state index contributed by atoms with van der Waals surface area (Å²) in [4.78, 5) is 24.3. The van der Waals surface area contributed by atoms with Crippen LogP contribution in [-0.2, 0) is 9.53 Å². The van der Waals surface area contributed by atoms with Gasteiger partial charge in [-0.25, -0.2) is 0 Å². The van der Waals surface area contributed by atoms with Gasteiger partial charge < -0.3 is 20.7 Å². The monoisotopic (exact) mass is 409 g/mol. The minimum absolute atomic E-state index is 0.0226. The molecule has 0 aromatic heterocycles. The fraction of sp³-hybridized carbons (Fsp3) is 0.263. The maximum atomic E-state index is 12.1. The summed E-state index contributed by atoms with van der Waals surface area (Å²) in [5, 5.41) is 9.44. The Morgan fingerprint density at radius 1 is 1.11 bits per heavy atom. The molecule has 0 bridgehead atoms. The topological polar surface area (TPSA) is 79.5 Å². The van der Waals surface area contributed by atoms with Gasteiger partial charge in [-0.15, -0.1) is 0 Å². The number of hydrogen-bond acceptors (Lipinski definition) is 4. The Labute approximate surface area is 168 Å². The van der Waals surface area contributed by atoms with E-state index < -0.39 is 0 Å². The van der Waals surface area contributed by atoms with E-state index in [0.29, 0.717) is 40.1 Å². The largest absolute Gasteiger partial charge is 0.385 e. The number of hydrogen-bond donors (Lipinski definition) is 3. The van der Waals surface area contributed by atoms with E-state index in [0.717, 1.165) is 6.42 Å². The van der Waals surface area contributed by atoms with Crippen LogP contribution in [0.15, 0.2) is 42.5 Å². The van der Waals surface area contributed by atoms with E-state index in [1.807, 2.05) is 0 Å². The molecule has 0 unspecified atom stereocenters. The van der Waals surface area contributed by atoms with E-state index in [9.17, 15) is 9.59 Å². The van der Waals surface area contributed by atoms with Crippen LogP contribution >= 0.6 is 23.2 Å². The number of amides is 2. The highest BCUT2D eigenvalue weighted by Gasteiger charge is 2.08. The van der Waals surface area contributed by atoms with Crippen molar-refractivity contribution in [2.45, 2.75) is 6.42 Å². The predicted molar refractivity (Wildman–Crippen MR) is 109 cm³/mol. The minimum Gasteiger partial charge on any atom is -0.385 e. The molecule has 2 aromatic carbocycles. The molecule has 0 spiro atoms. The second-order valence-electron chi connectivity index (χ2n) is 5.71. The minimum atomic E-state index is -0.265. The lowest BCUT2D eigenvalue weighted by molar-refractivity contribution is -0.114. The molecule has 0 fully saturated rings. The first kappa shape index (κ1) is 21.0. The smallest absolute Gasteiger partial charge is 0.251 e. The number of anilines is 2. The number of rotatable bonds is 9. The van der Waals surface area contributed by atoms with Crippen molar-refractivity contribution in [1.29, 1.82) is 0 Å². The van der Waals surface area contributed by atoms with Gasteiger partial charge >= 0.3 is 0 Å². The van der Waals surface area contributed by atoms with E-state index >= 15 is 0 Å². The number of ether oxygens (including phenoxy) is 1. The molecular formula is C19H21Cl2N3O3. The van der Waals surface area contributed by atoms with Gasteiger partial charge in [0.15, 0.2) is 0 Å². The molecule has 0 saturated carbocycles. The molecule has 0 saturated heterocycles. The number of halogens is 2. The van der Waals surface area contributed by atoms with E-state index in [1.54, 1.807) is 49.6 Å². The van der Waals surface area contributed by atoms with Crippen molar-refractivity contribution in [2.75, 3.05) is 37.4 Å². The molecule has 2 amide bonds. The molecule has 144 valence electrons. The van der Waals surface area contributed by atoms with Gasteiger partial charge in [0.2, 0.25) is 5.91 Å². The molecule has 0 atom stereocenters. The lowest BCUT2D eigenvalue weighted by Crippen LogP contribution is -2.25. The van der Waals surface area contributed by atoms with E-state index in [1.165, 1.54) is 0 Å². The maximum Gasteiger partial charge on any atom is 0.251 e. The zero-order valence-electron chi connectivity index (χ0n) is 14.9. The van der Waals surface area contributed by atoms with Crippen LogP contribution in [0.5, 0.6) is 0 Å². The Morgan fingerprint density at radius 3 is 2.67 bits per heavy atom. The molecule has 0 aliphatic heterocycles. The van der Waals surface area contributed by atoms with Gasteiger partial charge in [-0.1, -0.05) is 29.3 Å². The first-order valence-corrected chi connectivity index (χ1v) is 9.11. The van der Waals surface area contributed by atoms with Crippen LogP contribution in [0, 0.1) is 0 Å². The number of methoxy groups -OCH3 is 1. The van der Waals surface area contributed by atoms with Crippen molar-refractivity contribution in [2.24, 2.45) is 0 Å². The first-order valence-electron chi connectivity index (χ1n) is 8.35. The molecule has 0 radical (unpaired) electrons. The Hall–Kier alpha value is -2.28. The van der Waals surface area contributed by atoms with Crippen molar-refractivity contribution in [1.82, 2.24) is 5.32 Å². The molecule has 2 aromatic rings. The van der Waals surface area contributed by atoms with Crippen LogP contribution in [0.1, 0.15) is 16.8 Å². The van der Waals surface area contributed by atoms with Gasteiger partial charge in [0, 0.05) is 36.5 Å². The van der Waals surface area contributed by atoms with Gasteiger partial charge in [0.05, 0.1) is 17.3 Å². The molecule has 0 aliphatic rings. The molecular weight excluding hydrogens is 389 g/mol. The second kappa shape index (κ2) is 10.8. The highest BCUT2D eigenvalue weighted by Crippen LogP contribution is 2.25. The summed E-state index contributed by atoms with van der Waals surface area (Å²) in [6.45, 7) is 1.13. The second-order valence-corrected chi connectivity index (χ2v) is 6.55. The number of benzene rings is 2. The van der Waals surface area contributed by atoms with Crippen molar-refractivity contribution in [3.8, 4) is 0 Å². The van der Waals surface area contributed by atoms with Gasteiger partial charge in [0.1, 0.15) is 0 Å². The Balaban J connectivity index is 1.87. The van der Waals surface area contributed by atoms with Crippen molar-refractivity contribution in [3.05, 3.63) is 58.1 Å². The third kappa shape index (κ3) is 7.09. The molecule has 8 heteroatoms. The molecule has 0 heterocycles. The third-order valence-electron chi connectivity index (χ3n) is 3.59. The average Bonchev–Trinajstić information content (AvgIpc) is 2.64. The lowest BCUT2D eigenvalue weighted by Gasteiger charge is -2.10. The first-order chi connectivity index (χ1) is 13.0. The van der Waals surface area contributed by atoms with Crippen molar-refractivity contribution in [3.63, 3.8) is 0 Å². The van der Waals surface area contributed by atoms with E-state index in [-0.39, 0.29) is 18.4 Å². The maximum absolute atomic E-state index is 12.1. The Kier molecular flexibility index (Phi) is 8.39. The summed E-state index contributed by atoms with van der Waals surface area (Å²) in [7, 11) is 1.61. The van der Waals surface area contributed by atoms with Crippen LogP contribution < -0.4 is 16.0 Å². The van der Waals surface area contributed by atoms with Crippen LogP contribution in [0.2, 0.25) is 10.0 Å². The normalized spacial score (nSPS) is 10.3. The number of nitrogens with one attached hydrogen (secondary N) is 3. The summed E-state index contributed by atoms with van der Waals surface area (Å²) in [6.07, 6.45) is 0.734. The van der Waals surface area contributed by atoms with Crippen LogP contribution in [-0.4, -0.2) is 38.6 Å². The quantitative estimate of drug-likeness (QED) is 0.550. The fourth-order valence-corrected chi connectivity index (χ4v) is 2.75. The molecule has 6 nitrogen and oxygen atoms in total. The fourth-order valence-electron chi connectivity index (χ4n) is 2.27. The van der Waals surface area contributed by atoms with Gasteiger partial charge in [0.25, 0.3) is 5.91 Å². The van der Waals surface area contributed by atoms with Gasteiger partial charge in [-0.3, -0.25) is 9.59 Å². The summed E-state index contributed by atoms with van der Waals surface area (Å²) in [6, 6.07) is 11.7. The molecule has 3 N–H and O–H groups in total. The molecule has 2 rings (SSSR count). The third-order valence-corrected chi connectivity index (χ3v) is 4.14. The highest BCUT2D eigenvalue weighted by atomic mass is 35.5. The number of carbonyl (C=O) groups excluding carboxylic acids is 2. The van der Waals surface area contributed by atoms with Crippen molar-refractivity contribution >= 4 is 46.4 Å². The van der Waals surface area contributed by atoms with Gasteiger partial charge in [-0.2, -0.15) is 0 Å². The van der Waals surface area contributed by atoms with Crippen LogP contribution in [0.25, 0.3) is 0 Å². The predicted octanol–water partition coefficient (Wildman–Crippen LogP) is 3.81. The lowest BCUT2D eigenvalue weighted by atomic mass is 10.2. The van der Waals surface area contributed by atoms with Crippen molar-refractivity contribution < 1.29 is 14.3 Å². The van der Waals surface area contributed by atoms with Crippen LogP contribution in [0.3, 0.4) is 0 Å². The Bertz CT molecular complexity index is 800. The average molecular weight is 410 g/mol. The summed E-state index contributed by atoms with van der Waals surface area (Å²) in [5.74, 6) is -0.466. The highest BCUT2D eigenvalue weighted by molar-refractivity contribution is 6.36. The standard InChI is InChI=1S/C19H21Cl2N3O3/c1-27-9-3-8-22-19(26)13-4-2-5-15(10-13)24-18(25)12-23-17-7-6-14(20)11-16(17)21/h2,4-7,10-11,23H,3,8-9,12H2,1H3,(H,22,26)(H,24,25). The zero-order chi connectivity index (χ0) is 19.6. The Morgan fingerprint density at radius 2 is 1.93 bits per heavy atom. The van der Waals surface area contributed by atoms with E-state index in [2.05, 4.69) is 16.0 Å². The molecule has 0 aliphatic carbocycles. The van der Waals surface area contributed by atoms with E-state index in [4.69, 9.17) is 27.9 Å².